The molecular weight excluding hydrogens is 226 g/mol. The number of morpholine rings is 1. The summed E-state index contributed by atoms with van der Waals surface area (Å²) in [5, 5.41) is 8.86. The first-order chi connectivity index (χ1) is 8.65. The number of hydrogen-bond acceptors (Lipinski definition) is 4. The molecule has 0 spiro atoms. The van der Waals surface area contributed by atoms with Crippen molar-refractivity contribution < 1.29 is 4.74 Å². The summed E-state index contributed by atoms with van der Waals surface area (Å²) in [6.45, 7) is 5.79. The maximum absolute atomic E-state index is 8.86. The van der Waals surface area contributed by atoms with Crippen molar-refractivity contribution in [2.24, 2.45) is 0 Å². The second kappa shape index (κ2) is 5.28. The highest BCUT2D eigenvalue weighted by Crippen LogP contribution is 2.29. The van der Waals surface area contributed by atoms with E-state index in [4.69, 9.17) is 15.7 Å². The predicted octanol–water partition coefficient (Wildman–Crippen LogP) is 2.14. The summed E-state index contributed by atoms with van der Waals surface area (Å²) >= 11 is 0. The highest BCUT2D eigenvalue weighted by atomic mass is 16.5. The Bertz CT molecular complexity index is 467. The summed E-state index contributed by atoms with van der Waals surface area (Å²) in [7, 11) is 0. The van der Waals surface area contributed by atoms with Gasteiger partial charge in [-0.05, 0) is 31.5 Å². The second-order valence-electron chi connectivity index (χ2n) is 4.74. The molecule has 1 aliphatic heterocycles. The molecule has 96 valence electrons. The van der Waals surface area contributed by atoms with E-state index in [1.165, 1.54) is 0 Å². The van der Waals surface area contributed by atoms with Gasteiger partial charge in [0.2, 0.25) is 0 Å². The van der Waals surface area contributed by atoms with Gasteiger partial charge in [0.25, 0.3) is 0 Å². The van der Waals surface area contributed by atoms with Crippen molar-refractivity contribution in [2.45, 2.75) is 32.4 Å². The van der Waals surface area contributed by atoms with E-state index < -0.39 is 0 Å². The zero-order chi connectivity index (χ0) is 13.1. The smallest absolute Gasteiger partial charge is 0.0992 e. The van der Waals surface area contributed by atoms with Gasteiger partial charge >= 0.3 is 0 Å². The monoisotopic (exact) mass is 245 g/mol. The predicted molar refractivity (Wildman–Crippen MR) is 72.4 cm³/mol. The Labute approximate surface area is 108 Å². The van der Waals surface area contributed by atoms with Crippen molar-refractivity contribution in [3.63, 3.8) is 0 Å². The van der Waals surface area contributed by atoms with Crippen LogP contribution in [0.5, 0.6) is 0 Å². The zero-order valence-corrected chi connectivity index (χ0v) is 10.9. The maximum atomic E-state index is 8.86. The van der Waals surface area contributed by atoms with E-state index in [-0.39, 0.29) is 6.10 Å². The Morgan fingerprint density at radius 3 is 2.94 bits per heavy atom. The third kappa shape index (κ3) is 2.41. The lowest BCUT2D eigenvalue weighted by atomic mass is 10.1. The molecule has 0 amide bonds. The minimum absolute atomic E-state index is 0.211. The Morgan fingerprint density at radius 1 is 1.56 bits per heavy atom. The normalized spacial score (nSPS) is 23.7. The van der Waals surface area contributed by atoms with Crippen LogP contribution in [0, 0.1) is 11.3 Å². The van der Waals surface area contributed by atoms with Crippen LogP contribution in [-0.4, -0.2) is 25.3 Å². The topological polar surface area (TPSA) is 62.3 Å². The minimum atomic E-state index is 0.211. The van der Waals surface area contributed by atoms with Crippen LogP contribution in [0.4, 0.5) is 11.4 Å². The van der Waals surface area contributed by atoms with Gasteiger partial charge in [0.15, 0.2) is 0 Å². The summed E-state index contributed by atoms with van der Waals surface area (Å²) < 4.78 is 5.68. The van der Waals surface area contributed by atoms with Gasteiger partial charge in [0.1, 0.15) is 0 Å². The SMILES string of the molecule is CCC1COC(C)CN1c1ccc(C#N)cc1N. The molecule has 2 unspecified atom stereocenters. The second-order valence-corrected chi connectivity index (χ2v) is 4.74. The fourth-order valence-electron chi connectivity index (χ4n) is 2.36. The van der Waals surface area contributed by atoms with Crippen LogP contribution >= 0.6 is 0 Å². The molecule has 1 aliphatic rings. The summed E-state index contributed by atoms with van der Waals surface area (Å²) in [4.78, 5) is 2.30. The standard InChI is InChI=1S/C14H19N3O/c1-3-12-9-18-10(2)8-17(12)14-5-4-11(7-15)6-13(14)16/h4-6,10,12H,3,8-9,16H2,1-2H3. The quantitative estimate of drug-likeness (QED) is 0.811. The van der Waals surface area contributed by atoms with Gasteiger partial charge in [0.05, 0.1) is 41.8 Å². The molecule has 2 atom stereocenters. The third-order valence-corrected chi connectivity index (χ3v) is 3.41. The lowest BCUT2D eigenvalue weighted by Crippen LogP contribution is -2.48. The van der Waals surface area contributed by atoms with Crippen LogP contribution in [0.3, 0.4) is 0 Å². The molecule has 0 bridgehead atoms. The van der Waals surface area contributed by atoms with Crippen LogP contribution in [-0.2, 0) is 4.74 Å². The van der Waals surface area contributed by atoms with Gasteiger partial charge in [-0.2, -0.15) is 5.26 Å². The fourth-order valence-corrected chi connectivity index (χ4v) is 2.36. The van der Waals surface area contributed by atoms with Crippen molar-refractivity contribution in [1.82, 2.24) is 0 Å². The van der Waals surface area contributed by atoms with Crippen molar-refractivity contribution >= 4 is 11.4 Å². The van der Waals surface area contributed by atoms with E-state index in [9.17, 15) is 0 Å². The van der Waals surface area contributed by atoms with Crippen LogP contribution in [0.15, 0.2) is 18.2 Å². The number of ether oxygens (including phenoxy) is 1. The van der Waals surface area contributed by atoms with Crippen molar-refractivity contribution in [2.75, 3.05) is 23.8 Å². The fraction of sp³-hybridized carbons (Fsp3) is 0.500. The lowest BCUT2D eigenvalue weighted by Gasteiger charge is -2.40. The first kappa shape index (κ1) is 12.7. The average molecular weight is 245 g/mol. The highest BCUT2D eigenvalue weighted by Gasteiger charge is 2.26. The minimum Gasteiger partial charge on any atom is -0.397 e. The van der Waals surface area contributed by atoms with Gasteiger partial charge in [-0.3, -0.25) is 0 Å². The molecule has 2 rings (SSSR count). The van der Waals surface area contributed by atoms with Crippen LogP contribution < -0.4 is 10.6 Å². The number of nitriles is 1. The van der Waals surface area contributed by atoms with Crippen molar-refractivity contribution in [3.8, 4) is 6.07 Å². The molecule has 1 saturated heterocycles. The molecule has 18 heavy (non-hydrogen) atoms. The number of nitrogens with zero attached hydrogens (tertiary/aromatic N) is 2. The van der Waals surface area contributed by atoms with Gasteiger partial charge < -0.3 is 15.4 Å². The largest absolute Gasteiger partial charge is 0.397 e. The van der Waals surface area contributed by atoms with E-state index in [0.717, 1.165) is 25.3 Å². The molecule has 0 aromatic heterocycles. The number of hydrogen-bond donors (Lipinski definition) is 1. The van der Waals surface area contributed by atoms with Crippen molar-refractivity contribution in [3.05, 3.63) is 23.8 Å². The van der Waals surface area contributed by atoms with E-state index in [1.807, 2.05) is 12.1 Å². The van der Waals surface area contributed by atoms with Gasteiger partial charge in [0, 0.05) is 6.54 Å². The summed E-state index contributed by atoms with van der Waals surface area (Å²) in [5.74, 6) is 0. The third-order valence-electron chi connectivity index (χ3n) is 3.41. The molecule has 2 N–H and O–H groups in total. The van der Waals surface area contributed by atoms with E-state index in [1.54, 1.807) is 6.07 Å². The number of anilines is 2. The molecular formula is C14H19N3O. The lowest BCUT2D eigenvalue weighted by molar-refractivity contribution is 0.0300. The molecule has 4 nitrogen and oxygen atoms in total. The molecule has 0 saturated carbocycles. The number of nitrogen functional groups attached to an aromatic ring is 1. The molecule has 1 aromatic rings. The number of nitrogens with two attached hydrogens (primary N) is 1. The Balaban J connectivity index is 2.31. The van der Waals surface area contributed by atoms with E-state index in [2.05, 4.69) is 24.8 Å². The summed E-state index contributed by atoms with van der Waals surface area (Å²) in [5.41, 5.74) is 8.34. The van der Waals surface area contributed by atoms with Crippen LogP contribution in [0.1, 0.15) is 25.8 Å². The average Bonchev–Trinajstić information content (AvgIpc) is 2.38. The zero-order valence-electron chi connectivity index (χ0n) is 10.9. The molecule has 1 aromatic carbocycles. The Kier molecular flexibility index (Phi) is 3.73. The summed E-state index contributed by atoms with van der Waals surface area (Å²) in [6, 6.07) is 7.96. The maximum Gasteiger partial charge on any atom is 0.0992 e. The summed E-state index contributed by atoms with van der Waals surface area (Å²) in [6.07, 6.45) is 1.23. The molecule has 0 aliphatic carbocycles. The van der Waals surface area contributed by atoms with Gasteiger partial charge in [-0.1, -0.05) is 6.92 Å². The van der Waals surface area contributed by atoms with Crippen LogP contribution in [0.2, 0.25) is 0 Å². The first-order valence-electron chi connectivity index (χ1n) is 6.33. The van der Waals surface area contributed by atoms with Gasteiger partial charge in [-0.25, -0.2) is 0 Å². The van der Waals surface area contributed by atoms with Gasteiger partial charge in [-0.15, -0.1) is 0 Å². The Hall–Kier alpha value is -1.73. The Morgan fingerprint density at radius 2 is 2.33 bits per heavy atom. The molecule has 1 fully saturated rings. The number of benzene rings is 1. The molecule has 1 heterocycles. The van der Waals surface area contributed by atoms with Crippen molar-refractivity contribution in [1.29, 1.82) is 5.26 Å². The van der Waals surface area contributed by atoms with E-state index >= 15 is 0 Å². The van der Waals surface area contributed by atoms with Crippen LogP contribution in [0.25, 0.3) is 0 Å². The highest BCUT2D eigenvalue weighted by molar-refractivity contribution is 5.70. The first-order valence-corrected chi connectivity index (χ1v) is 6.33. The molecule has 0 radical (unpaired) electrons. The van der Waals surface area contributed by atoms with E-state index in [0.29, 0.717) is 17.3 Å². The molecule has 4 heteroatoms. The number of rotatable bonds is 2.